The van der Waals surface area contributed by atoms with Crippen molar-refractivity contribution in [3.8, 4) is 0 Å². The lowest BCUT2D eigenvalue weighted by atomic mass is 10.1. The Balaban J connectivity index is 1.42. The molecule has 3 aromatic carbocycles. The van der Waals surface area contributed by atoms with Gasteiger partial charge in [-0.05, 0) is 55.2 Å². The van der Waals surface area contributed by atoms with Crippen LogP contribution in [0.1, 0.15) is 28.8 Å². The van der Waals surface area contributed by atoms with Gasteiger partial charge in [0.05, 0.1) is 11.3 Å². The molecule has 6 heteroatoms. The molecule has 1 aliphatic rings. The molecule has 0 aromatic heterocycles. The number of amides is 2. The van der Waals surface area contributed by atoms with Crippen LogP contribution in [0.25, 0.3) is 0 Å². The minimum atomic E-state index is -0.109. The van der Waals surface area contributed by atoms with Crippen molar-refractivity contribution in [2.75, 3.05) is 35.6 Å². The quantitative estimate of drug-likeness (QED) is 0.443. The lowest BCUT2D eigenvalue weighted by Gasteiger charge is -2.22. The van der Waals surface area contributed by atoms with Gasteiger partial charge in [0.1, 0.15) is 0 Å². The van der Waals surface area contributed by atoms with Gasteiger partial charge in [-0.3, -0.25) is 9.59 Å². The summed E-state index contributed by atoms with van der Waals surface area (Å²) in [5, 5.41) is 6.00. The van der Waals surface area contributed by atoms with Gasteiger partial charge >= 0.3 is 0 Å². The molecule has 0 aliphatic carbocycles. The van der Waals surface area contributed by atoms with E-state index in [1.165, 1.54) is 17.3 Å². The molecule has 5 nitrogen and oxygen atoms in total. The standard InChI is InChI=1S/C27H29N3O2S/c31-26(20-33-23-11-5-2-6-12-23)29-22-13-14-25(30-17-7-8-18-30)24(19-22)27(32)28-16-15-21-9-3-1-4-10-21/h1-6,9-14,19H,7-8,15-18,20H2,(H,28,32)(H,29,31). The molecule has 170 valence electrons. The number of benzene rings is 3. The van der Waals surface area contributed by atoms with Crippen molar-refractivity contribution >= 4 is 35.0 Å². The number of hydrogen-bond donors (Lipinski definition) is 2. The van der Waals surface area contributed by atoms with Crippen LogP contribution in [0.15, 0.2) is 83.8 Å². The van der Waals surface area contributed by atoms with Gasteiger partial charge in [0.2, 0.25) is 5.91 Å². The van der Waals surface area contributed by atoms with Crippen molar-refractivity contribution in [1.82, 2.24) is 5.32 Å². The molecule has 0 radical (unpaired) electrons. The summed E-state index contributed by atoms with van der Waals surface area (Å²) in [4.78, 5) is 28.9. The largest absolute Gasteiger partial charge is 0.371 e. The number of carbonyl (C=O) groups excluding carboxylic acids is 2. The van der Waals surface area contributed by atoms with Crippen LogP contribution >= 0.6 is 11.8 Å². The Morgan fingerprint density at radius 3 is 2.30 bits per heavy atom. The molecular weight excluding hydrogens is 430 g/mol. The summed E-state index contributed by atoms with van der Waals surface area (Å²) in [5.74, 6) is 0.118. The van der Waals surface area contributed by atoms with Crippen molar-refractivity contribution in [2.45, 2.75) is 24.2 Å². The van der Waals surface area contributed by atoms with Crippen LogP contribution in [0.5, 0.6) is 0 Å². The number of nitrogens with one attached hydrogen (secondary N) is 2. The molecule has 2 amide bonds. The molecule has 1 saturated heterocycles. The van der Waals surface area contributed by atoms with Gasteiger partial charge < -0.3 is 15.5 Å². The van der Waals surface area contributed by atoms with E-state index < -0.39 is 0 Å². The second-order valence-corrected chi connectivity index (χ2v) is 9.12. The lowest BCUT2D eigenvalue weighted by Crippen LogP contribution is -2.29. The van der Waals surface area contributed by atoms with Gasteiger partial charge in [-0.25, -0.2) is 0 Å². The predicted molar refractivity (Wildman–Crippen MR) is 136 cm³/mol. The molecule has 1 fully saturated rings. The van der Waals surface area contributed by atoms with Crippen molar-refractivity contribution in [3.63, 3.8) is 0 Å². The molecule has 3 aromatic rings. The highest BCUT2D eigenvalue weighted by atomic mass is 32.2. The van der Waals surface area contributed by atoms with Crippen molar-refractivity contribution in [2.24, 2.45) is 0 Å². The minimum absolute atomic E-state index is 0.0896. The monoisotopic (exact) mass is 459 g/mol. The van der Waals surface area contributed by atoms with E-state index in [9.17, 15) is 9.59 Å². The third-order valence-corrected chi connectivity index (χ3v) is 6.64. The number of nitrogens with zero attached hydrogens (tertiary/aromatic N) is 1. The molecule has 2 N–H and O–H groups in total. The van der Waals surface area contributed by atoms with Crippen molar-refractivity contribution in [3.05, 3.63) is 90.0 Å². The first kappa shape index (κ1) is 22.9. The van der Waals surface area contributed by atoms with E-state index >= 15 is 0 Å². The zero-order chi connectivity index (χ0) is 22.9. The highest BCUT2D eigenvalue weighted by Gasteiger charge is 2.20. The molecule has 4 rings (SSSR count). The maximum absolute atomic E-state index is 13.1. The van der Waals surface area contributed by atoms with Crippen LogP contribution in [-0.2, 0) is 11.2 Å². The van der Waals surface area contributed by atoms with Crippen molar-refractivity contribution < 1.29 is 9.59 Å². The fourth-order valence-corrected chi connectivity index (χ4v) is 4.67. The van der Waals surface area contributed by atoms with Crippen LogP contribution in [-0.4, -0.2) is 37.2 Å². The Labute approximate surface area is 199 Å². The van der Waals surface area contributed by atoms with Crippen molar-refractivity contribution in [1.29, 1.82) is 0 Å². The Morgan fingerprint density at radius 2 is 1.58 bits per heavy atom. The Morgan fingerprint density at radius 1 is 0.879 bits per heavy atom. The Bertz CT molecular complexity index is 1070. The smallest absolute Gasteiger partial charge is 0.253 e. The summed E-state index contributed by atoms with van der Waals surface area (Å²) in [6, 6.07) is 25.6. The Hall–Kier alpha value is -3.25. The first-order valence-electron chi connectivity index (χ1n) is 11.4. The van der Waals surface area contributed by atoms with Gasteiger partial charge in [0, 0.05) is 35.9 Å². The van der Waals surface area contributed by atoms with E-state index in [1.54, 1.807) is 6.07 Å². The lowest BCUT2D eigenvalue weighted by molar-refractivity contribution is -0.113. The molecule has 1 aliphatic heterocycles. The van der Waals surface area contributed by atoms with Crippen LogP contribution in [0.2, 0.25) is 0 Å². The molecule has 0 unspecified atom stereocenters. The topological polar surface area (TPSA) is 61.4 Å². The van der Waals surface area contributed by atoms with E-state index in [0.29, 0.717) is 23.5 Å². The third-order valence-electron chi connectivity index (χ3n) is 5.63. The molecule has 33 heavy (non-hydrogen) atoms. The molecule has 0 saturated carbocycles. The average Bonchev–Trinajstić information content (AvgIpc) is 3.39. The fourth-order valence-electron chi connectivity index (χ4n) is 3.95. The van der Waals surface area contributed by atoms with E-state index in [0.717, 1.165) is 42.9 Å². The second kappa shape index (κ2) is 11.6. The molecular formula is C27H29N3O2S. The Kier molecular flexibility index (Phi) is 8.04. The SMILES string of the molecule is O=C(CSc1ccccc1)Nc1ccc(N2CCCC2)c(C(=O)NCCc2ccccc2)c1. The van der Waals surface area contributed by atoms with Gasteiger partial charge in [-0.2, -0.15) is 0 Å². The number of carbonyl (C=O) groups is 2. The normalized spacial score (nSPS) is 13.0. The predicted octanol–water partition coefficient (Wildman–Crippen LogP) is 4.99. The molecule has 1 heterocycles. The van der Waals surface area contributed by atoms with Crippen LogP contribution in [0.4, 0.5) is 11.4 Å². The van der Waals surface area contributed by atoms with Crippen LogP contribution in [0.3, 0.4) is 0 Å². The first-order chi connectivity index (χ1) is 16.2. The first-order valence-corrected chi connectivity index (χ1v) is 12.4. The minimum Gasteiger partial charge on any atom is -0.371 e. The number of anilines is 2. The highest BCUT2D eigenvalue weighted by molar-refractivity contribution is 8.00. The number of thioether (sulfide) groups is 1. The van der Waals surface area contributed by atoms with Crippen LogP contribution < -0.4 is 15.5 Å². The third kappa shape index (κ3) is 6.62. The van der Waals surface area contributed by atoms with Crippen LogP contribution in [0, 0.1) is 0 Å². The maximum Gasteiger partial charge on any atom is 0.253 e. The van der Waals surface area contributed by atoms with E-state index in [-0.39, 0.29) is 11.8 Å². The summed E-state index contributed by atoms with van der Waals surface area (Å²) < 4.78 is 0. The van der Waals surface area contributed by atoms with E-state index in [2.05, 4.69) is 27.7 Å². The van der Waals surface area contributed by atoms with E-state index in [4.69, 9.17) is 0 Å². The van der Waals surface area contributed by atoms with Gasteiger partial charge in [0.25, 0.3) is 5.91 Å². The molecule has 0 spiro atoms. The number of rotatable bonds is 9. The summed E-state index contributed by atoms with van der Waals surface area (Å²) in [7, 11) is 0. The van der Waals surface area contributed by atoms with Gasteiger partial charge in [0.15, 0.2) is 0 Å². The summed E-state index contributed by atoms with van der Waals surface area (Å²) >= 11 is 1.49. The molecule has 0 bridgehead atoms. The van der Waals surface area contributed by atoms with E-state index in [1.807, 2.05) is 60.7 Å². The maximum atomic E-state index is 13.1. The highest BCUT2D eigenvalue weighted by Crippen LogP contribution is 2.28. The van der Waals surface area contributed by atoms with Gasteiger partial charge in [-0.15, -0.1) is 11.8 Å². The zero-order valence-corrected chi connectivity index (χ0v) is 19.4. The average molecular weight is 460 g/mol. The summed E-state index contributed by atoms with van der Waals surface area (Å²) in [6.07, 6.45) is 3.04. The molecule has 0 atom stereocenters. The summed E-state index contributed by atoms with van der Waals surface area (Å²) in [6.45, 7) is 2.46. The fraction of sp³-hybridized carbons (Fsp3) is 0.259. The summed E-state index contributed by atoms with van der Waals surface area (Å²) in [5.41, 5.74) is 3.37. The zero-order valence-electron chi connectivity index (χ0n) is 18.6. The van der Waals surface area contributed by atoms with Gasteiger partial charge in [-0.1, -0.05) is 48.5 Å². The second-order valence-electron chi connectivity index (χ2n) is 8.07. The number of hydrogen-bond acceptors (Lipinski definition) is 4.